The van der Waals surface area contributed by atoms with E-state index in [4.69, 9.17) is 0 Å². The van der Waals surface area contributed by atoms with E-state index in [1.165, 1.54) is 10.8 Å². The molecule has 0 aromatic carbocycles. The van der Waals surface area contributed by atoms with E-state index in [2.05, 4.69) is 25.2 Å². The van der Waals surface area contributed by atoms with Gasteiger partial charge in [-0.2, -0.15) is 0 Å². The Morgan fingerprint density at radius 3 is 2.81 bits per heavy atom. The number of nitrogens with one attached hydrogen (secondary N) is 1. The molecule has 1 saturated heterocycles. The zero-order chi connectivity index (χ0) is 11.6. The molecule has 0 aliphatic carbocycles. The number of allylic oxidation sites excluding steroid dienone is 2. The summed E-state index contributed by atoms with van der Waals surface area (Å²) in [6, 6.07) is 0. The molecule has 2 nitrogen and oxygen atoms in total. The van der Waals surface area contributed by atoms with Crippen molar-refractivity contribution in [3.8, 4) is 0 Å². The van der Waals surface area contributed by atoms with Crippen molar-refractivity contribution in [2.75, 3.05) is 17.5 Å². The maximum atomic E-state index is 10.8. The third-order valence-corrected chi connectivity index (χ3v) is 6.74. The molecular formula is C13H23INO-. The molecule has 0 saturated carbocycles. The van der Waals surface area contributed by atoms with Crippen LogP contribution in [-0.2, 0) is 0 Å². The molecule has 1 fully saturated rings. The van der Waals surface area contributed by atoms with Gasteiger partial charge in [0.1, 0.15) is 0 Å². The number of piperidine rings is 1. The molecule has 2 N–H and O–H groups in total. The van der Waals surface area contributed by atoms with Gasteiger partial charge in [0.15, 0.2) is 0 Å². The van der Waals surface area contributed by atoms with E-state index in [0.29, 0.717) is 11.8 Å². The summed E-state index contributed by atoms with van der Waals surface area (Å²) >= 11 is 0.259. The fourth-order valence-corrected chi connectivity index (χ4v) is 5.75. The molecule has 0 spiro atoms. The molecule has 0 aromatic heterocycles. The summed E-state index contributed by atoms with van der Waals surface area (Å²) in [5.74, 6) is 1.05. The first kappa shape index (κ1) is 12.8. The third-order valence-electron chi connectivity index (χ3n) is 4.01. The van der Waals surface area contributed by atoms with Crippen LogP contribution in [0, 0.1) is 11.8 Å². The zero-order valence-electron chi connectivity index (χ0n) is 10.3. The number of halogens is 1. The third kappa shape index (κ3) is 2.79. The normalized spacial score (nSPS) is 35.8. The molecule has 2 aliphatic heterocycles. The second kappa shape index (κ2) is 5.36. The van der Waals surface area contributed by atoms with Crippen LogP contribution in [0.15, 0.2) is 9.66 Å². The zero-order valence-corrected chi connectivity index (χ0v) is 12.5. The first-order chi connectivity index (χ1) is 7.62. The van der Waals surface area contributed by atoms with Crippen LogP contribution in [-0.4, -0.2) is 28.2 Å². The Morgan fingerprint density at radius 2 is 2.12 bits per heavy atom. The summed E-state index contributed by atoms with van der Waals surface area (Å²) in [4.78, 5) is 0. The molecule has 2 heterocycles. The Bertz CT molecular complexity index is 271. The van der Waals surface area contributed by atoms with Crippen molar-refractivity contribution in [3.05, 3.63) is 9.66 Å². The van der Waals surface area contributed by atoms with Crippen molar-refractivity contribution in [2.24, 2.45) is 11.8 Å². The van der Waals surface area contributed by atoms with E-state index in [-0.39, 0.29) is 21.2 Å². The van der Waals surface area contributed by atoms with Crippen molar-refractivity contribution in [3.63, 3.8) is 0 Å². The summed E-state index contributed by atoms with van der Waals surface area (Å²) in [6.07, 6.45) is 5.55. The molecular weight excluding hydrogens is 313 g/mol. The van der Waals surface area contributed by atoms with Crippen molar-refractivity contribution in [2.45, 2.75) is 38.7 Å². The number of hydrogen-bond acceptors (Lipinski definition) is 2. The van der Waals surface area contributed by atoms with Crippen LogP contribution in [0.5, 0.6) is 0 Å². The van der Waals surface area contributed by atoms with Gasteiger partial charge in [-0.05, 0) is 0 Å². The van der Waals surface area contributed by atoms with Crippen LogP contribution < -0.4 is 26.5 Å². The Morgan fingerprint density at radius 1 is 1.44 bits per heavy atom. The van der Waals surface area contributed by atoms with Gasteiger partial charge in [-0.1, -0.05) is 0 Å². The first-order valence-electron chi connectivity index (χ1n) is 6.32. The van der Waals surface area contributed by atoms with Crippen molar-refractivity contribution < 1.29 is 26.3 Å². The second-order valence-electron chi connectivity index (χ2n) is 5.18. The fourth-order valence-electron chi connectivity index (χ4n) is 3.10. The van der Waals surface area contributed by atoms with Gasteiger partial charge in [-0.15, -0.1) is 0 Å². The van der Waals surface area contributed by atoms with Gasteiger partial charge < -0.3 is 0 Å². The molecule has 2 aliphatic rings. The molecule has 0 amide bonds. The quantitative estimate of drug-likeness (QED) is 0.463. The summed E-state index contributed by atoms with van der Waals surface area (Å²) in [7, 11) is 0. The van der Waals surface area contributed by atoms with Crippen LogP contribution in [0.3, 0.4) is 0 Å². The minimum atomic E-state index is -0.393. The molecule has 0 aromatic rings. The summed E-state index contributed by atoms with van der Waals surface area (Å²) in [5.41, 5.74) is -0.393. The molecule has 16 heavy (non-hydrogen) atoms. The van der Waals surface area contributed by atoms with Crippen molar-refractivity contribution >= 4 is 0 Å². The van der Waals surface area contributed by atoms with Crippen molar-refractivity contribution in [1.29, 1.82) is 0 Å². The topological polar surface area (TPSA) is 32.3 Å². The van der Waals surface area contributed by atoms with E-state index >= 15 is 0 Å². The van der Waals surface area contributed by atoms with E-state index in [1.54, 1.807) is 3.58 Å². The number of aliphatic hydroxyl groups is 1. The Labute approximate surface area is 109 Å². The van der Waals surface area contributed by atoms with Crippen molar-refractivity contribution in [1.82, 2.24) is 5.32 Å². The molecule has 0 bridgehead atoms. The van der Waals surface area contributed by atoms with Crippen LogP contribution in [0.4, 0.5) is 0 Å². The Kier molecular flexibility index (Phi) is 4.30. The fraction of sp³-hybridized carbons (Fsp3) is 0.846. The van der Waals surface area contributed by atoms with Gasteiger partial charge in [0.25, 0.3) is 0 Å². The number of rotatable bonds is 1. The predicted molar refractivity (Wildman–Crippen MR) is 62.9 cm³/mol. The average molecular weight is 336 g/mol. The standard InChI is InChI=1S/C13H23INO/c1-10-9-11(2)14-6-3-12(10)13(16)4-7-15-8-5-13/h9-10,12,15-16H,3-8H2,1-2H3/q-1/t10-,12+/m0/s1. The molecule has 2 atom stereocenters. The molecule has 94 valence electrons. The summed E-state index contributed by atoms with van der Waals surface area (Å²) in [6.45, 7) is 6.54. The van der Waals surface area contributed by atoms with E-state index in [1.807, 2.05) is 0 Å². The average Bonchev–Trinajstić information content (AvgIpc) is 2.40. The molecule has 2 rings (SSSR count). The molecule has 3 heteroatoms. The summed E-state index contributed by atoms with van der Waals surface area (Å²) in [5, 5.41) is 14.2. The van der Waals surface area contributed by atoms with Gasteiger partial charge >= 0.3 is 109 Å². The first-order valence-corrected chi connectivity index (χ1v) is 8.93. The Balaban J connectivity index is 2.12. The monoisotopic (exact) mass is 336 g/mol. The maximum absolute atomic E-state index is 10.8. The summed E-state index contributed by atoms with van der Waals surface area (Å²) < 4.78 is 2.97. The van der Waals surface area contributed by atoms with Crippen LogP contribution in [0.1, 0.15) is 33.1 Å². The predicted octanol–water partition coefficient (Wildman–Crippen LogP) is -1.25. The number of hydrogen-bond donors (Lipinski definition) is 2. The Hall–Kier alpha value is 0.390. The van der Waals surface area contributed by atoms with Crippen LogP contribution >= 0.6 is 0 Å². The minimum absolute atomic E-state index is 0.259. The van der Waals surface area contributed by atoms with Gasteiger partial charge in [0.2, 0.25) is 0 Å². The SMILES string of the molecule is CC1=C[C@H](C)[C@H](C2(O)CCNCC2)CC[I-]1. The van der Waals surface area contributed by atoms with Gasteiger partial charge in [0.05, 0.1) is 0 Å². The van der Waals surface area contributed by atoms with Gasteiger partial charge in [0, 0.05) is 0 Å². The molecule has 0 radical (unpaired) electrons. The van der Waals surface area contributed by atoms with E-state index in [9.17, 15) is 5.11 Å². The molecule has 0 unspecified atom stereocenters. The second-order valence-corrected chi connectivity index (χ2v) is 8.73. The van der Waals surface area contributed by atoms with E-state index < -0.39 is 5.60 Å². The van der Waals surface area contributed by atoms with E-state index in [0.717, 1.165) is 25.9 Å². The van der Waals surface area contributed by atoms with Crippen LogP contribution in [0.2, 0.25) is 0 Å². The van der Waals surface area contributed by atoms with Gasteiger partial charge in [-0.3, -0.25) is 0 Å². The van der Waals surface area contributed by atoms with Crippen LogP contribution in [0.25, 0.3) is 0 Å². The number of alkyl halides is 1. The van der Waals surface area contributed by atoms with Gasteiger partial charge in [-0.25, -0.2) is 0 Å².